The van der Waals surface area contributed by atoms with Crippen LogP contribution in [0, 0.1) is 0 Å². The van der Waals surface area contributed by atoms with Gasteiger partial charge in [-0.1, -0.05) is 6.58 Å². The fourth-order valence-corrected chi connectivity index (χ4v) is 0.243. The van der Waals surface area contributed by atoms with Crippen molar-refractivity contribution in [2.75, 3.05) is 0 Å². The van der Waals surface area contributed by atoms with Crippen molar-refractivity contribution in [1.29, 1.82) is 0 Å². The summed E-state index contributed by atoms with van der Waals surface area (Å²) in [4.78, 5) is 3.71. The fraction of sp³-hybridized carbons (Fsp3) is 0.143. The molecular formula is C7H9N. The Morgan fingerprint density at radius 2 is 2.38 bits per heavy atom. The number of allylic oxidation sites excluding steroid dienone is 1. The maximum absolute atomic E-state index is 3.71. The third-order valence-electron chi connectivity index (χ3n) is 0.529. The van der Waals surface area contributed by atoms with Gasteiger partial charge in [0.05, 0.1) is 0 Å². The van der Waals surface area contributed by atoms with Gasteiger partial charge in [0.25, 0.3) is 0 Å². The van der Waals surface area contributed by atoms with Crippen molar-refractivity contribution < 1.29 is 0 Å². The third-order valence-corrected chi connectivity index (χ3v) is 0.529. The predicted octanol–water partition coefficient (Wildman–Crippen LogP) is 1.93. The minimum absolute atomic E-state index is 1.48. The van der Waals surface area contributed by atoms with Crippen LogP contribution in [0.1, 0.15) is 6.92 Å². The highest BCUT2D eigenvalue weighted by molar-refractivity contribution is 5.71. The molecule has 0 fully saturated rings. The maximum atomic E-state index is 3.71. The Hall–Kier alpha value is -1.07. The second kappa shape index (κ2) is 5.93. The van der Waals surface area contributed by atoms with Crippen LogP contribution in [0.25, 0.3) is 0 Å². The van der Waals surface area contributed by atoms with Crippen LogP contribution in [0.15, 0.2) is 35.7 Å². The van der Waals surface area contributed by atoms with Gasteiger partial charge in [-0.2, -0.15) is 0 Å². The molecule has 0 amide bonds. The molecule has 0 radical (unpaired) electrons. The Morgan fingerprint density at radius 1 is 1.62 bits per heavy atom. The van der Waals surface area contributed by atoms with Crippen molar-refractivity contribution in [3.8, 4) is 0 Å². The maximum Gasteiger partial charge on any atom is 0.0344 e. The molecule has 0 bridgehead atoms. The molecule has 0 saturated heterocycles. The van der Waals surface area contributed by atoms with Crippen LogP contribution >= 0.6 is 0 Å². The first-order chi connectivity index (χ1) is 3.91. The Bertz CT molecular complexity index is 136. The van der Waals surface area contributed by atoms with E-state index in [4.69, 9.17) is 0 Å². The molecule has 0 aromatic carbocycles. The van der Waals surface area contributed by atoms with E-state index < -0.39 is 0 Å². The minimum Gasteiger partial charge on any atom is -0.265 e. The second-order valence-electron chi connectivity index (χ2n) is 1.10. The zero-order chi connectivity index (χ0) is 6.24. The van der Waals surface area contributed by atoms with Crippen LogP contribution in [0.2, 0.25) is 0 Å². The molecule has 0 unspecified atom stereocenters. The van der Waals surface area contributed by atoms with E-state index in [-0.39, 0.29) is 0 Å². The third kappa shape index (κ3) is 4.93. The largest absolute Gasteiger partial charge is 0.265 e. The van der Waals surface area contributed by atoms with Gasteiger partial charge in [-0.05, 0) is 19.1 Å². The Balaban J connectivity index is 3.58. The minimum atomic E-state index is 1.48. The molecule has 0 heterocycles. The van der Waals surface area contributed by atoms with E-state index in [9.17, 15) is 0 Å². The molecule has 1 nitrogen and oxygen atoms in total. The molecule has 42 valence electrons. The smallest absolute Gasteiger partial charge is 0.0344 e. The first kappa shape index (κ1) is 6.93. The molecule has 0 aromatic heterocycles. The highest BCUT2D eigenvalue weighted by Gasteiger charge is 1.52. The number of hydrogen-bond donors (Lipinski definition) is 0. The molecule has 0 N–H and O–H groups in total. The van der Waals surface area contributed by atoms with E-state index in [1.54, 1.807) is 12.3 Å². The molecule has 8 heavy (non-hydrogen) atoms. The topological polar surface area (TPSA) is 12.4 Å². The van der Waals surface area contributed by atoms with Crippen LogP contribution in [-0.2, 0) is 0 Å². The lowest BCUT2D eigenvalue weighted by Gasteiger charge is -1.64. The molecule has 0 aliphatic rings. The molecule has 0 saturated carbocycles. The summed E-state index contributed by atoms with van der Waals surface area (Å²) in [6.07, 6.45) is 6.65. The van der Waals surface area contributed by atoms with Crippen LogP contribution in [-0.4, -0.2) is 6.21 Å². The summed E-state index contributed by atoms with van der Waals surface area (Å²) in [7, 11) is 0. The summed E-state index contributed by atoms with van der Waals surface area (Å²) < 4.78 is 0. The quantitative estimate of drug-likeness (QED) is 0.377. The first-order valence-corrected chi connectivity index (χ1v) is 2.41. The van der Waals surface area contributed by atoms with E-state index in [0.29, 0.717) is 0 Å². The number of hydrogen-bond acceptors (Lipinski definition) is 1. The highest BCUT2D eigenvalue weighted by Crippen LogP contribution is 1.65. The normalized spacial score (nSPS) is 8.12. The van der Waals surface area contributed by atoms with Crippen LogP contribution in [0.5, 0.6) is 0 Å². The van der Waals surface area contributed by atoms with E-state index >= 15 is 0 Å². The average molecular weight is 107 g/mol. The molecule has 0 spiro atoms. The number of aliphatic imine (C=N–C) groups is 1. The van der Waals surface area contributed by atoms with E-state index in [1.165, 1.54) is 6.20 Å². The van der Waals surface area contributed by atoms with Crippen LogP contribution < -0.4 is 0 Å². The van der Waals surface area contributed by atoms with Crippen molar-refractivity contribution in [3.05, 3.63) is 30.7 Å². The zero-order valence-corrected chi connectivity index (χ0v) is 4.96. The monoisotopic (exact) mass is 107 g/mol. The van der Waals surface area contributed by atoms with E-state index in [2.05, 4.69) is 17.3 Å². The van der Waals surface area contributed by atoms with Crippen LogP contribution in [0.3, 0.4) is 0 Å². The predicted molar refractivity (Wildman–Crippen MR) is 37.0 cm³/mol. The van der Waals surface area contributed by atoms with Gasteiger partial charge < -0.3 is 0 Å². The second-order valence-corrected chi connectivity index (χ2v) is 1.10. The molecule has 1 heteroatoms. The summed E-state index contributed by atoms with van der Waals surface area (Å²) >= 11 is 0. The van der Waals surface area contributed by atoms with Crippen molar-refractivity contribution in [1.82, 2.24) is 0 Å². The Kier molecular flexibility index (Phi) is 5.14. The zero-order valence-electron chi connectivity index (χ0n) is 4.96. The molecule has 0 aromatic rings. The van der Waals surface area contributed by atoms with Gasteiger partial charge in [-0.3, -0.25) is 4.99 Å². The molecule has 0 aliphatic carbocycles. The van der Waals surface area contributed by atoms with Crippen molar-refractivity contribution >= 4 is 6.21 Å². The molecular weight excluding hydrogens is 98.1 g/mol. The number of rotatable bonds is 2. The van der Waals surface area contributed by atoms with Crippen LogP contribution in [0.4, 0.5) is 0 Å². The Morgan fingerprint density at radius 3 is 2.88 bits per heavy atom. The van der Waals surface area contributed by atoms with Gasteiger partial charge in [-0.25, -0.2) is 0 Å². The lowest BCUT2D eigenvalue weighted by Crippen LogP contribution is -1.54. The van der Waals surface area contributed by atoms with Gasteiger partial charge in [-0.15, -0.1) is 5.73 Å². The standard InChI is InChI=1S/C7H9N/c1-3-5-6-7-8-4-2/h3-4,6-7H,2H2,1H3. The van der Waals surface area contributed by atoms with Crippen molar-refractivity contribution in [2.24, 2.45) is 4.99 Å². The lowest BCUT2D eigenvalue weighted by molar-refractivity contribution is 1.63. The van der Waals surface area contributed by atoms with E-state index in [0.717, 1.165) is 0 Å². The highest BCUT2D eigenvalue weighted by atomic mass is 14.6. The summed E-state index contributed by atoms with van der Waals surface area (Å²) in [6.45, 7) is 5.30. The average Bonchev–Trinajstić information content (AvgIpc) is 1.81. The van der Waals surface area contributed by atoms with Gasteiger partial charge in [0.15, 0.2) is 0 Å². The SMILES string of the molecule is C=CN=CC=C=CC. The lowest BCUT2D eigenvalue weighted by atomic mass is 10.6. The van der Waals surface area contributed by atoms with Gasteiger partial charge in [0.1, 0.15) is 0 Å². The molecule has 0 aliphatic heterocycles. The summed E-state index contributed by atoms with van der Waals surface area (Å²) in [5.41, 5.74) is 2.84. The van der Waals surface area contributed by atoms with Crippen molar-refractivity contribution in [3.63, 3.8) is 0 Å². The summed E-state index contributed by atoms with van der Waals surface area (Å²) in [5.74, 6) is 0. The first-order valence-electron chi connectivity index (χ1n) is 2.41. The summed E-state index contributed by atoms with van der Waals surface area (Å²) in [5, 5.41) is 0. The molecule has 0 rings (SSSR count). The van der Waals surface area contributed by atoms with E-state index in [1.807, 2.05) is 13.0 Å². The van der Waals surface area contributed by atoms with Gasteiger partial charge in [0.2, 0.25) is 0 Å². The van der Waals surface area contributed by atoms with Gasteiger partial charge in [0, 0.05) is 12.4 Å². The van der Waals surface area contributed by atoms with Gasteiger partial charge >= 0.3 is 0 Å². The Labute approximate surface area is 49.8 Å². The fourth-order valence-electron chi connectivity index (χ4n) is 0.243. The van der Waals surface area contributed by atoms with Crippen molar-refractivity contribution in [2.45, 2.75) is 6.92 Å². The number of nitrogens with zero attached hydrogens (tertiary/aromatic N) is 1. The summed E-state index contributed by atoms with van der Waals surface area (Å²) in [6, 6.07) is 0. The molecule has 0 atom stereocenters.